The van der Waals surface area contributed by atoms with Gasteiger partial charge in [0, 0.05) is 6.42 Å². The summed E-state index contributed by atoms with van der Waals surface area (Å²) in [6.45, 7) is 0. The summed E-state index contributed by atoms with van der Waals surface area (Å²) >= 11 is 0. The molecule has 0 spiro atoms. The Labute approximate surface area is 116 Å². The number of benzene rings is 2. The van der Waals surface area contributed by atoms with Crippen LogP contribution < -0.4 is 0 Å². The average Bonchev–Trinajstić information content (AvgIpc) is 2.48. The summed E-state index contributed by atoms with van der Waals surface area (Å²) < 4.78 is 14.1. The lowest BCUT2D eigenvalue weighted by Crippen LogP contribution is -2.43. The third-order valence-corrected chi connectivity index (χ3v) is 3.23. The van der Waals surface area contributed by atoms with Gasteiger partial charge in [-0.1, -0.05) is 60.7 Å². The normalized spacial score (nSPS) is 15.3. The second-order valence-electron chi connectivity index (χ2n) is 4.65. The van der Waals surface area contributed by atoms with Crippen molar-refractivity contribution in [2.45, 2.75) is 18.2 Å². The minimum atomic E-state index is -2.40. The van der Waals surface area contributed by atoms with Crippen molar-refractivity contribution in [2.75, 3.05) is 0 Å². The van der Waals surface area contributed by atoms with Crippen molar-refractivity contribution in [3.63, 3.8) is 0 Å². The highest BCUT2D eigenvalue weighted by atomic mass is 19.1. The highest BCUT2D eigenvalue weighted by Crippen LogP contribution is 2.31. The van der Waals surface area contributed by atoms with Crippen molar-refractivity contribution in [3.8, 4) is 0 Å². The number of halogens is 1. The van der Waals surface area contributed by atoms with Crippen LogP contribution in [0.1, 0.15) is 11.1 Å². The number of aliphatic carboxylic acids is 1. The van der Waals surface area contributed by atoms with Crippen molar-refractivity contribution in [2.24, 2.45) is 0 Å². The second-order valence-corrected chi connectivity index (χ2v) is 4.65. The molecular weight excluding hydrogens is 259 g/mol. The maximum absolute atomic E-state index is 14.1. The molecule has 2 aromatic carbocycles. The number of hydrogen-bond donors (Lipinski definition) is 2. The number of carbonyl (C=O) groups is 1. The highest BCUT2D eigenvalue weighted by Gasteiger charge is 2.43. The number of carboxylic acids is 1. The van der Waals surface area contributed by atoms with Crippen LogP contribution in [0.25, 0.3) is 0 Å². The van der Waals surface area contributed by atoms with Gasteiger partial charge in [0.25, 0.3) is 0 Å². The van der Waals surface area contributed by atoms with Crippen LogP contribution in [0.3, 0.4) is 0 Å². The van der Waals surface area contributed by atoms with Crippen LogP contribution in [-0.4, -0.2) is 22.4 Å². The first-order chi connectivity index (χ1) is 9.54. The van der Waals surface area contributed by atoms with Crippen molar-refractivity contribution in [1.82, 2.24) is 0 Å². The van der Waals surface area contributed by atoms with Crippen LogP contribution in [0.5, 0.6) is 0 Å². The molecule has 0 aliphatic carbocycles. The number of hydrogen-bond acceptors (Lipinski definition) is 2. The Morgan fingerprint density at radius 2 is 1.55 bits per heavy atom. The summed E-state index contributed by atoms with van der Waals surface area (Å²) in [6.07, 6.45) is -2.50. The maximum atomic E-state index is 14.1. The van der Waals surface area contributed by atoms with Gasteiger partial charge in [-0.15, -0.1) is 0 Å². The fourth-order valence-corrected chi connectivity index (χ4v) is 2.18. The van der Waals surface area contributed by atoms with Crippen molar-refractivity contribution in [1.29, 1.82) is 0 Å². The van der Waals surface area contributed by atoms with Gasteiger partial charge in [-0.25, -0.2) is 9.18 Å². The quantitative estimate of drug-likeness (QED) is 0.881. The van der Waals surface area contributed by atoms with E-state index < -0.39 is 17.7 Å². The van der Waals surface area contributed by atoms with Crippen molar-refractivity contribution < 1.29 is 19.4 Å². The van der Waals surface area contributed by atoms with Gasteiger partial charge in [0.1, 0.15) is 5.60 Å². The SMILES string of the molecule is O=C(O)[C@@H](F)[C@](O)(Cc1ccccc1)c1ccccc1. The lowest BCUT2D eigenvalue weighted by molar-refractivity contribution is -0.155. The fraction of sp³-hybridized carbons (Fsp3) is 0.188. The zero-order valence-corrected chi connectivity index (χ0v) is 10.7. The zero-order chi connectivity index (χ0) is 14.6. The van der Waals surface area contributed by atoms with E-state index in [1.807, 2.05) is 0 Å². The third-order valence-electron chi connectivity index (χ3n) is 3.23. The monoisotopic (exact) mass is 274 g/mol. The minimum Gasteiger partial charge on any atom is -0.479 e. The fourth-order valence-electron chi connectivity index (χ4n) is 2.18. The van der Waals surface area contributed by atoms with Crippen LogP contribution in [0, 0.1) is 0 Å². The molecule has 0 radical (unpaired) electrons. The summed E-state index contributed by atoms with van der Waals surface area (Å²) in [5.74, 6) is -1.67. The van der Waals surface area contributed by atoms with Gasteiger partial charge in [-0.05, 0) is 11.1 Å². The molecule has 2 rings (SSSR count). The molecule has 4 heteroatoms. The molecule has 2 atom stereocenters. The van der Waals surface area contributed by atoms with E-state index in [-0.39, 0.29) is 12.0 Å². The van der Waals surface area contributed by atoms with Gasteiger partial charge in [-0.3, -0.25) is 0 Å². The molecule has 2 N–H and O–H groups in total. The topological polar surface area (TPSA) is 57.5 Å². The molecule has 3 nitrogen and oxygen atoms in total. The first kappa shape index (κ1) is 14.2. The molecule has 0 aromatic heterocycles. The standard InChI is InChI=1S/C16H15FO3/c17-14(15(18)19)16(20,13-9-5-2-6-10-13)11-12-7-3-1-4-8-12/h1-10,14,20H,11H2,(H,18,19)/t14-,16+/m1/s1. The Bertz CT molecular complexity index is 571. The predicted molar refractivity (Wildman–Crippen MR) is 73.0 cm³/mol. The molecule has 104 valence electrons. The lowest BCUT2D eigenvalue weighted by atomic mass is 9.83. The first-order valence-electron chi connectivity index (χ1n) is 6.23. The van der Waals surface area contributed by atoms with Crippen LogP contribution in [0.15, 0.2) is 60.7 Å². The highest BCUT2D eigenvalue weighted by molar-refractivity contribution is 5.74. The first-order valence-corrected chi connectivity index (χ1v) is 6.23. The minimum absolute atomic E-state index is 0.106. The molecule has 0 aliphatic heterocycles. The van der Waals surface area contributed by atoms with E-state index in [4.69, 9.17) is 5.11 Å². The number of rotatable bonds is 5. The Morgan fingerprint density at radius 3 is 2.05 bits per heavy atom. The smallest absolute Gasteiger partial charge is 0.341 e. The van der Waals surface area contributed by atoms with Gasteiger partial charge in [0.05, 0.1) is 0 Å². The summed E-state index contributed by atoms with van der Waals surface area (Å²) in [4.78, 5) is 11.0. The van der Waals surface area contributed by atoms with Crippen LogP contribution >= 0.6 is 0 Å². The van der Waals surface area contributed by atoms with Gasteiger partial charge < -0.3 is 10.2 Å². The van der Waals surface area contributed by atoms with Gasteiger partial charge in [0.2, 0.25) is 6.17 Å². The molecule has 0 fully saturated rings. The summed E-state index contributed by atoms with van der Waals surface area (Å²) in [5, 5.41) is 19.5. The zero-order valence-electron chi connectivity index (χ0n) is 10.7. The van der Waals surface area contributed by atoms with E-state index in [0.717, 1.165) is 0 Å². The van der Waals surface area contributed by atoms with Crippen molar-refractivity contribution in [3.05, 3.63) is 71.8 Å². The van der Waals surface area contributed by atoms with Gasteiger partial charge in [-0.2, -0.15) is 0 Å². The average molecular weight is 274 g/mol. The molecular formula is C16H15FO3. The summed E-state index contributed by atoms with van der Waals surface area (Å²) in [5.41, 5.74) is -1.17. The van der Waals surface area contributed by atoms with Crippen LogP contribution in [0.2, 0.25) is 0 Å². The van der Waals surface area contributed by atoms with E-state index in [1.54, 1.807) is 48.5 Å². The molecule has 20 heavy (non-hydrogen) atoms. The van der Waals surface area contributed by atoms with E-state index in [0.29, 0.717) is 5.56 Å². The Balaban J connectivity index is 2.42. The molecule has 0 unspecified atom stereocenters. The van der Waals surface area contributed by atoms with Gasteiger partial charge >= 0.3 is 5.97 Å². The molecule has 0 aliphatic rings. The second kappa shape index (κ2) is 5.84. The van der Waals surface area contributed by atoms with Crippen LogP contribution in [0.4, 0.5) is 4.39 Å². The number of aliphatic hydroxyl groups is 1. The van der Waals surface area contributed by atoms with E-state index in [9.17, 15) is 14.3 Å². The lowest BCUT2D eigenvalue weighted by Gasteiger charge is -2.30. The molecule has 0 saturated carbocycles. The van der Waals surface area contributed by atoms with Gasteiger partial charge in [0.15, 0.2) is 0 Å². The summed E-state index contributed by atoms with van der Waals surface area (Å²) in [6, 6.07) is 16.8. The molecule has 0 amide bonds. The van der Waals surface area contributed by atoms with E-state index in [1.165, 1.54) is 12.1 Å². The largest absolute Gasteiger partial charge is 0.479 e. The van der Waals surface area contributed by atoms with E-state index in [2.05, 4.69) is 0 Å². The Morgan fingerprint density at radius 1 is 1.05 bits per heavy atom. The third kappa shape index (κ3) is 2.86. The van der Waals surface area contributed by atoms with Crippen molar-refractivity contribution >= 4 is 5.97 Å². The van der Waals surface area contributed by atoms with Crippen LogP contribution in [-0.2, 0) is 16.8 Å². The molecule has 2 aromatic rings. The Kier molecular flexibility index (Phi) is 4.15. The predicted octanol–water partition coefficient (Wildman–Crippen LogP) is 2.54. The molecule has 0 bridgehead atoms. The molecule has 0 saturated heterocycles. The molecule has 0 heterocycles. The number of carboxylic acid groups (broad SMARTS) is 1. The Hall–Kier alpha value is -2.20. The maximum Gasteiger partial charge on any atom is 0.341 e. The number of alkyl halides is 1. The summed E-state index contributed by atoms with van der Waals surface area (Å²) in [7, 11) is 0. The van der Waals surface area contributed by atoms with E-state index >= 15 is 0 Å².